The Bertz CT molecular complexity index is 832. The van der Waals surface area contributed by atoms with E-state index in [1.54, 1.807) is 12.1 Å². The second-order valence-corrected chi connectivity index (χ2v) is 4.41. The summed E-state index contributed by atoms with van der Waals surface area (Å²) >= 11 is 0. The van der Waals surface area contributed by atoms with Gasteiger partial charge in [-0.2, -0.15) is 0 Å². The molecule has 0 aliphatic carbocycles. The highest BCUT2D eigenvalue weighted by atomic mass is 16.4. The molecule has 2 aromatic carbocycles. The largest absolute Gasteiger partial charge is 0.502 e. The first-order valence-electron chi connectivity index (χ1n) is 6.10. The normalized spacial score (nSPS) is 10.7. The highest BCUT2D eigenvalue weighted by Crippen LogP contribution is 2.46. The molecule has 1 heterocycles. The van der Waals surface area contributed by atoms with Crippen molar-refractivity contribution in [2.45, 2.75) is 0 Å². The van der Waals surface area contributed by atoms with Crippen molar-refractivity contribution in [3.63, 3.8) is 0 Å². The molecule has 6 nitrogen and oxygen atoms in total. The Balaban J connectivity index is 2.21. The Morgan fingerprint density at radius 3 is 2.48 bits per heavy atom. The van der Waals surface area contributed by atoms with Gasteiger partial charge in [0.2, 0.25) is 17.4 Å². The van der Waals surface area contributed by atoms with Crippen molar-refractivity contribution in [1.82, 2.24) is 0 Å². The number of rotatable bonds is 2. The number of hydrogen-bond acceptors (Lipinski definition) is 4. The minimum atomic E-state index is -1.40. The van der Waals surface area contributed by atoms with E-state index in [0.29, 0.717) is 5.56 Å². The quantitative estimate of drug-likeness (QED) is 0.576. The summed E-state index contributed by atoms with van der Waals surface area (Å²) in [7, 11) is 0. The maximum absolute atomic E-state index is 10.6. The van der Waals surface area contributed by atoms with Gasteiger partial charge in [-0.25, -0.2) is 4.79 Å². The van der Waals surface area contributed by atoms with Gasteiger partial charge in [0.15, 0.2) is 5.76 Å². The standard InChI is InChI=1S/C15H11NO5/c17-11-12(18)14(16-15(19)20)21-13(11)10-7-3-5-8-4-1-2-6-9(8)10/h1-7,16-18H,(H,19,20). The molecule has 0 fully saturated rings. The molecule has 1 amide bonds. The van der Waals surface area contributed by atoms with E-state index in [2.05, 4.69) is 0 Å². The molecular weight excluding hydrogens is 274 g/mol. The topological polar surface area (TPSA) is 103 Å². The van der Waals surface area contributed by atoms with Crippen LogP contribution in [0.25, 0.3) is 22.1 Å². The number of anilines is 1. The lowest BCUT2D eigenvalue weighted by Gasteiger charge is -2.04. The second-order valence-electron chi connectivity index (χ2n) is 4.41. The van der Waals surface area contributed by atoms with Crippen LogP contribution in [0.5, 0.6) is 11.5 Å². The van der Waals surface area contributed by atoms with E-state index in [9.17, 15) is 15.0 Å². The molecule has 0 spiro atoms. The fraction of sp³-hybridized carbons (Fsp3) is 0. The number of carboxylic acid groups (broad SMARTS) is 1. The summed E-state index contributed by atoms with van der Waals surface area (Å²) in [6.07, 6.45) is -1.40. The molecule has 1 aromatic heterocycles. The van der Waals surface area contributed by atoms with E-state index in [-0.39, 0.29) is 5.76 Å². The lowest BCUT2D eigenvalue weighted by molar-refractivity contribution is 0.209. The molecule has 3 rings (SSSR count). The molecule has 0 aliphatic rings. The molecular formula is C15H11NO5. The number of nitrogens with one attached hydrogen (secondary N) is 1. The number of furan rings is 1. The van der Waals surface area contributed by atoms with Crippen LogP contribution in [-0.4, -0.2) is 21.4 Å². The predicted molar refractivity (Wildman–Crippen MR) is 76.6 cm³/mol. The zero-order valence-electron chi connectivity index (χ0n) is 10.7. The molecule has 0 atom stereocenters. The number of benzene rings is 2. The Kier molecular flexibility index (Phi) is 2.91. The lowest BCUT2D eigenvalue weighted by atomic mass is 10.0. The fourth-order valence-corrected chi connectivity index (χ4v) is 2.20. The van der Waals surface area contributed by atoms with Crippen molar-refractivity contribution in [3.8, 4) is 22.8 Å². The Morgan fingerprint density at radius 2 is 1.71 bits per heavy atom. The summed E-state index contributed by atoms with van der Waals surface area (Å²) in [6, 6.07) is 12.8. The van der Waals surface area contributed by atoms with Crippen molar-refractivity contribution in [2.24, 2.45) is 0 Å². The van der Waals surface area contributed by atoms with Gasteiger partial charge in [-0.15, -0.1) is 0 Å². The van der Waals surface area contributed by atoms with Crippen LogP contribution >= 0.6 is 0 Å². The minimum absolute atomic E-state index is 0.00745. The number of fused-ring (bicyclic) bond motifs is 1. The molecule has 3 aromatic rings. The van der Waals surface area contributed by atoms with Crippen LogP contribution < -0.4 is 5.32 Å². The highest BCUT2D eigenvalue weighted by molar-refractivity contribution is 5.98. The summed E-state index contributed by atoms with van der Waals surface area (Å²) in [4.78, 5) is 10.6. The zero-order chi connectivity index (χ0) is 15.0. The summed E-state index contributed by atoms with van der Waals surface area (Å²) in [5, 5.41) is 32.0. The minimum Gasteiger partial charge on any atom is -0.502 e. The van der Waals surface area contributed by atoms with Gasteiger partial charge in [-0.1, -0.05) is 42.5 Å². The number of carbonyl (C=O) groups is 1. The van der Waals surface area contributed by atoms with Crippen molar-refractivity contribution in [1.29, 1.82) is 0 Å². The van der Waals surface area contributed by atoms with Gasteiger partial charge < -0.3 is 19.7 Å². The highest BCUT2D eigenvalue weighted by Gasteiger charge is 2.23. The SMILES string of the molecule is O=C(O)Nc1oc(-c2cccc3ccccc23)c(O)c1O. The molecule has 106 valence electrons. The summed E-state index contributed by atoms with van der Waals surface area (Å²) in [5.41, 5.74) is 0.555. The van der Waals surface area contributed by atoms with Crippen molar-refractivity contribution in [2.75, 3.05) is 5.32 Å². The van der Waals surface area contributed by atoms with Gasteiger partial charge in [0.1, 0.15) is 0 Å². The first kappa shape index (κ1) is 12.9. The van der Waals surface area contributed by atoms with Crippen molar-refractivity contribution >= 4 is 22.7 Å². The van der Waals surface area contributed by atoms with Gasteiger partial charge in [0.05, 0.1) is 0 Å². The molecule has 4 N–H and O–H groups in total. The van der Waals surface area contributed by atoms with E-state index in [1.807, 2.05) is 35.6 Å². The number of aromatic hydroxyl groups is 2. The first-order valence-corrected chi connectivity index (χ1v) is 6.10. The molecule has 6 heteroatoms. The zero-order valence-corrected chi connectivity index (χ0v) is 10.7. The second kappa shape index (κ2) is 4.75. The predicted octanol–water partition coefficient (Wildman–Crippen LogP) is 3.60. The molecule has 0 saturated heterocycles. The van der Waals surface area contributed by atoms with Crippen molar-refractivity contribution in [3.05, 3.63) is 42.5 Å². The molecule has 0 bridgehead atoms. The Labute approximate surface area is 118 Å². The molecule has 21 heavy (non-hydrogen) atoms. The Morgan fingerprint density at radius 1 is 1.00 bits per heavy atom. The molecule has 0 saturated carbocycles. The average Bonchev–Trinajstić information content (AvgIpc) is 2.74. The van der Waals surface area contributed by atoms with Crippen LogP contribution in [0.1, 0.15) is 0 Å². The summed E-state index contributed by atoms with van der Waals surface area (Å²) in [6.45, 7) is 0. The monoisotopic (exact) mass is 285 g/mol. The average molecular weight is 285 g/mol. The molecule has 0 unspecified atom stereocenters. The summed E-state index contributed by atoms with van der Waals surface area (Å²) in [5.74, 6) is -1.55. The van der Waals surface area contributed by atoms with Crippen LogP contribution in [0.2, 0.25) is 0 Å². The Hall–Kier alpha value is -3.15. The smallest absolute Gasteiger partial charge is 0.411 e. The van der Waals surface area contributed by atoms with Crippen LogP contribution in [0.15, 0.2) is 46.9 Å². The summed E-state index contributed by atoms with van der Waals surface area (Å²) < 4.78 is 5.26. The van der Waals surface area contributed by atoms with Gasteiger partial charge in [0.25, 0.3) is 0 Å². The van der Waals surface area contributed by atoms with Crippen LogP contribution in [0.3, 0.4) is 0 Å². The third-order valence-electron chi connectivity index (χ3n) is 3.11. The lowest BCUT2D eigenvalue weighted by Crippen LogP contribution is -2.06. The fourth-order valence-electron chi connectivity index (χ4n) is 2.20. The van der Waals surface area contributed by atoms with E-state index in [1.165, 1.54) is 0 Å². The van der Waals surface area contributed by atoms with E-state index in [0.717, 1.165) is 10.8 Å². The van der Waals surface area contributed by atoms with Crippen LogP contribution in [0, 0.1) is 0 Å². The van der Waals surface area contributed by atoms with Gasteiger partial charge >= 0.3 is 6.09 Å². The maximum Gasteiger partial charge on any atom is 0.411 e. The number of hydrogen-bond donors (Lipinski definition) is 4. The maximum atomic E-state index is 10.6. The van der Waals surface area contributed by atoms with Gasteiger partial charge in [-0.05, 0) is 10.8 Å². The molecule has 0 aliphatic heterocycles. The van der Waals surface area contributed by atoms with Gasteiger partial charge in [0, 0.05) is 5.56 Å². The third kappa shape index (κ3) is 2.12. The molecule has 0 radical (unpaired) electrons. The van der Waals surface area contributed by atoms with E-state index < -0.39 is 23.5 Å². The third-order valence-corrected chi connectivity index (χ3v) is 3.11. The van der Waals surface area contributed by atoms with Gasteiger partial charge in [-0.3, -0.25) is 5.32 Å². The first-order chi connectivity index (χ1) is 10.1. The van der Waals surface area contributed by atoms with Crippen LogP contribution in [0.4, 0.5) is 10.7 Å². The van der Waals surface area contributed by atoms with Crippen molar-refractivity contribution < 1.29 is 24.5 Å². The van der Waals surface area contributed by atoms with E-state index >= 15 is 0 Å². The number of amides is 1. The van der Waals surface area contributed by atoms with E-state index in [4.69, 9.17) is 9.52 Å². The van der Waals surface area contributed by atoms with Crippen LogP contribution in [-0.2, 0) is 0 Å².